The van der Waals surface area contributed by atoms with E-state index in [2.05, 4.69) is 27.6 Å². The van der Waals surface area contributed by atoms with Gasteiger partial charge >= 0.3 is 0 Å². The third-order valence-electron chi connectivity index (χ3n) is 2.79. The predicted molar refractivity (Wildman–Crippen MR) is 78.7 cm³/mol. The summed E-state index contributed by atoms with van der Waals surface area (Å²) in [5.41, 5.74) is 2.54. The Balaban J connectivity index is 2.48. The quantitative estimate of drug-likeness (QED) is 0.861. The lowest BCUT2D eigenvalue weighted by atomic mass is 10.0. The van der Waals surface area contributed by atoms with E-state index in [0.29, 0.717) is 11.4 Å². The normalized spacial score (nSPS) is 12.2. The van der Waals surface area contributed by atoms with Crippen molar-refractivity contribution in [1.29, 1.82) is 0 Å². The molecule has 2 rings (SSSR count). The predicted octanol–water partition coefficient (Wildman–Crippen LogP) is 3.08. The zero-order valence-corrected chi connectivity index (χ0v) is 12.4. The zero-order chi connectivity index (χ0) is 13.1. The Labute approximate surface area is 120 Å². The highest BCUT2D eigenvalue weighted by atomic mass is 127. The maximum Gasteiger partial charge on any atom is 0.143 e. The molecule has 0 aliphatic heterocycles. The van der Waals surface area contributed by atoms with Gasteiger partial charge in [0.25, 0.3) is 0 Å². The third kappa shape index (κ3) is 2.49. The van der Waals surface area contributed by atoms with Crippen LogP contribution in [-0.2, 0) is 0 Å². The van der Waals surface area contributed by atoms with Gasteiger partial charge < -0.3 is 9.84 Å². The van der Waals surface area contributed by atoms with Crippen LogP contribution in [0.25, 0.3) is 0 Å². The summed E-state index contributed by atoms with van der Waals surface area (Å²) in [6.07, 6.45) is 0.886. The number of rotatable bonds is 3. The Morgan fingerprint density at radius 1 is 1.28 bits per heavy atom. The average molecular weight is 355 g/mol. The summed E-state index contributed by atoms with van der Waals surface area (Å²) in [6.45, 7) is 2.02. The van der Waals surface area contributed by atoms with Gasteiger partial charge in [0, 0.05) is 15.3 Å². The topological polar surface area (TPSA) is 42.4 Å². The fourth-order valence-corrected chi connectivity index (χ4v) is 2.46. The van der Waals surface area contributed by atoms with Crippen LogP contribution in [0.15, 0.2) is 36.5 Å². The number of ether oxygens (including phenoxy) is 1. The van der Waals surface area contributed by atoms with Gasteiger partial charge in [0.2, 0.25) is 0 Å². The van der Waals surface area contributed by atoms with Crippen LogP contribution in [0, 0.1) is 10.5 Å². The van der Waals surface area contributed by atoms with Crippen molar-refractivity contribution in [1.82, 2.24) is 4.98 Å². The highest BCUT2D eigenvalue weighted by Crippen LogP contribution is 2.31. The lowest BCUT2D eigenvalue weighted by molar-refractivity contribution is 0.208. The number of nitrogens with zero attached hydrogens (tertiary/aromatic N) is 1. The van der Waals surface area contributed by atoms with Crippen molar-refractivity contribution in [2.45, 2.75) is 13.0 Å². The molecule has 0 radical (unpaired) electrons. The second-order valence-corrected chi connectivity index (χ2v) is 5.05. The molecule has 0 bridgehead atoms. The molecule has 0 saturated carbocycles. The molecule has 0 saturated heterocycles. The fraction of sp³-hybridized carbons (Fsp3) is 0.214. The lowest BCUT2D eigenvalue weighted by Gasteiger charge is -2.16. The molecule has 0 spiro atoms. The van der Waals surface area contributed by atoms with Crippen LogP contribution in [-0.4, -0.2) is 17.2 Å². The summed E-state index contributed by atoms with van der Waals surface area (Å²) >= 11 is 2.24. The molecule has 0 fully saturated rings. The molecule has 1 atom stereocenters. The average Bonchev–Trinajstić information content (AvgIpc) is 2.41. The van der Waals surface area contributed by atoms with E-state index in [1.165, 1.54) is 0 Å². The van der Waals surface area contributed by atoms with Crippen molar-refractivity contribution in [2.75, 3.05) is 7.11 Å². The van der Waals surface area contributed by atoms with Crippen LogP contribution in [0.1, 0.15) is 22.9 Å². The Kier molecular flexibility index (Phi) is 4.19. The highest BCUT2D eigenvalue weighted by Gasteiger charge is 2.19. The maximum absolute atomic E-state index is 10.5. The van der Waals surface area contributed by atoms with Gasteiger partial charge in [-0.15, -0.1) is 0 Å². The molecular weight excluding hydrogens is 341 g/mol. The minimum absolute atomic E-state index is 0.545. The Morgan fingerprint density at radius 2 is 2.06 bits per heavy atom. The molecule has 0 aliphatic rings. The van der Waals surface area contributed by atoms with Crippen molar-refractivity contribution in [3.8, 4) is 5.75 Å². The molecule has 1 aromatic carbocycles. The summed E-state index contributed by atoms with van der Waals surface area (Å²) in [5.74, 6) is 0.599. The van der Waals surface area contributed by atoms with E-state index in [4.69, 9.17) is 4.74 Å². The molecule has 1 heterocycles. The second kappa shape index (κ2) is 5.67. The fourth-order valence-electron chi connectivity index (χ4n) is 1.81. The number of pyridine rings is 1. The van der Waals surface area contributed by atoms with Gasteiger partial charge in [0.05, 0.1) is 7.11 Å². The number of aliphatic hydroxyl groups excluding tert-OH is 1. The maximum atomic E-state index is 10.5. The number of halogens is 1. The van der Waals surface area contributed by atoms with Crippen LogP contribution in [0.3, 0.4) is 0 Å². The molecule has 2 aromatic rings. The van der Waals surface area contributed by atoms with E-state index in [1.54, 1.807) is 25.4 Å². The first-order valence-electron chi connectivity index (χ1n) is 5.57. The smallest absolute Gasteiger partial charge is 0.143 e. The van der Waals surface area contributed by atoms with Gasteiger partial charge in [-0.25, -0.2) is 0 Å². The van der Waals surface area contributed by atoms with Crippen molar-refractivity contribution in [3.05, 3.63) is 56.9 Å². The van der Waals surface area contributed by atoms with E-state index >= 15 is 0 Å². The summed E-state index contributed by atoms with van der Waals surface area (Å²) in [5, 5.41) is 10.5. The molecular formula is C14H14INO2. The standard InChI is InChI=1S/C14H14INO2/c1-9-5-3-6-10(12(9)15)14(17)13-11(18-2)7-4-8-16-13/h3-8,14,17H,1-2H3. The van der Waals surface area contributed by atoms with E-state index < -0.39 is 6.10 Å². The number of aromatic nitrogens is 1. The second-order valence-electron chi connectivity index (χ2n) is 3.97. The van der Waals surface area contributed by atoms with E-state index in [0.717, 1.165) is 14.7 Å². The first kappa shape index (κ1) is 13.3. The number of methoxy groups -OCH3 is 1. The van der Waals surface area contributed by atoms with Gasteiger partial charge in [-0.2, -0.15) is 0 Å². The minimum Gasteiger partial charge on any atom is -0.495 e. The Hall–Kier alpha value is -1.14. The van der Waals surface area contributed by atoms with Gasteiger partial charge in [0.15, 0.2) is 0 Å². The molecule has 1 aromatic heterocycles. The summed E-state index contributed by atoms with van der Waals surface area (Å²) < 4.78 is 6.28. The number of hydrogen-bond donors (Lipinski definition) is 1. The van der Waals surface area contributed by atoms with Crippen LogP contribution in [0.4, 0.5) is 0 Å². The first-order chi connectivity index (χ1) is 8.65. The largest absolute Gasteiger partial charge is 0.495 e. The highest BCUT2D eigenvalue weighted by molar-refractivity contribution is 14.1. The van der Waals surface area contributed by atoms with Crippen molar-refractivity contribution >= 4 is 22.6 Å². The molecule has 0 aliphatic carbocycles. The summed E-state index contributed by atoms with van der Waals surface area (Å²) in [6, 6.07) is 9.46. The van der Waals surface area contributed by atoms with E-state index in [-0.39, 0.29) is 0 Å². The van der Waals surface area contributed by atoms with Gasteiger partial charge in [-0.3, -0.25) is 4.98 Å². The SMILES string of the molecule is COc1cccnc1C(O)c1cccc(C)c1I. The van der Waals surface area contributed by atoms with E-state index in [1.807, 2.05) is 25.1 Å². The minimum atomic E-state index is -0.770. The van der Waals surface area contributed by atoms with Gasteiger partial charge in [0.1, 0.15) is 17.5 Å². The third-order valence-corrected chi connectivity index (χ3v) is 4.27. The Bertz CT molecular complexity index is 557. The van der Waals surface area contributed by atoms with Crippen LogP contribution < -0.4 is 4.74 Å². The lowest BCUT2D eigenvalue weighted by Crippen LogP contribution is -2.07. The molecule has 0 amide bonds. The first-order valence-corrected chi connectivity index (χ1v) is 6.65. The van der Waals surface area contributed by atoms with Gasteiger partial charge in [-0.1, -0.05) is 18.2 Å². The molecule has 4 heteroatoms. The number of aliphatic hydroxyl groups is 1. The number of hydrogen-bond acceptors (Lipinski definition) is 3. The molecule has 1 N–H and O–H groups in total. The Morgan fingerprint density at radius 3 is 2.78 bits per heavy atom. The van der Waals surface area contributed by atoms with Gasteiger partial charge in [-0.05, 0) is 47.2 Å². The van der Waals surface area contributed by atoms with Crippen LogP contribution in [0.5, 0.6) is 5.75 Å². The summed E-state index contributed by atoms with van der Waals surface area (Å²) in [4.78, 5) is 4.22. The zero-order valence-electron chi connectivity index (χ0n) is 10.2. The van der Waals surface area contributed by atoms with E-state index in [9.17, 15) is 5.11 Å². The molecule has 1 unspecified atom stereocenters. The summed E-state index contributed by atoms with van der Waals surface area (Å²) in [7, 11) is 1.58. The molecule has 18 heavy (non-hydrogen) atoms. The van der Waals surface area contributed by atoms with Crippen LogP contribution >= 0.6 is 22.6 Å². The number of aryl methyl sites for hydroxylation is 1. The van der Waals surface area contributed by atoms with Crippen molar-refractivity contribution < 1.29 is 9.84 Å². The van der Waals surface area contributed by atoms with Crippen LogP contribution in [0.2, 0.25) is 0 Å². The molecule has 94 valence electrons. The van der Waals surface area contributed by atoms with Crippen molar-refractivity contribution in [2.24, 2.45) is 0 Å². The number of benzene rings is 1. The monoisotopic (exact) mass is 355 g/mol. The molecule has 3 nitrogen and oxygen atoms in total. The van der Waals surface area contributed by atoms with Crippen molar-refractivity contribution in [3.63, 3.8) is 0 Å².